The molecular formula is C9H16S. The second-order valence-corrected chi connectivity index (χ2v) is 4.92. The van der Waals surface area contributed by atoms with Crippen LogP contribution in [0.5, 0.6) is 0 Å². The van der Waals surface area contributed by atoms with E-state index in [9.17, 15) is 0 Å². The Morgan fingerprint density at radius 1 is 1.10 bits per heavy atom. The standard InChI is InChI=1S/C9H16S/c1-10-9-5-7-3-2-4-8(7)6-9/h7-9H,2-6H2,1H3. The zero-order chi connectivity index (χ0) is 6.97. The molecule has 0 aromatic heterocycles. The average Bonchev–Trinajstić information content (AvgIpc) is 2.42. The Morgan fingerprint density at radius 2 is 1.70 bits per heavy atom. The Bertz CT molecular complexity index is 110. The molecule has 0 saturated heterocycles. The van der Waals surface area contributed by atoms with Gasteiger partial charge in [-0.15, -0.1) is 0 Å². The van der Waals surface area contributed by atoms with Crippen molar-refractivity contribution in [2.75, 3.05) is 6.26 Å². The molecule has 1 heteroatoms. The van der Waals surface area contributed by atoms with Gasteiger partial charge in [0.05, 0.1) is 0 Å². The first-order valence-corrected chi connectivity index (χ1v) is 5.71. The molecule has 2 rings (SSSR count). The second kappa shape index (κ2) is 2.77. The van der Waals surface area contributed by atoms with E-state index in [4.69, 9.17) is 0 Å². The molecule has 0 aromatic carbocycles. The first-order valence-electron chi connectivity index (χ1n) is 4.43. The fourth-order valence-electron chi connectivity index (χ4n) is 2.70. The third kappa shape index (κ3) is 1.09. The van der Waals surface area contributed by atoms with Crippen LogP contribution in [0.3, 0.4) is 0 Å². The lowest BCUT2D eigenvalue weighted by atomic mass is 10.0. The molecular weight excluding hydrogens is 140 g/mol. The Morgan fingerprint density at radius 3 is 2.20 bits per heavy atom. The lowest BCUT2D eigenvalue weighted by Gasteiger charge is -2.04. The molecule has 0 aliphatic heterocycles. The highest BCUT2D eigenvalue weighted by molar-refractivity contribution is 7.99. The fraction of sp³-hybridized carbons (Fsp3) is 1.00. The molecule has 0 aromatic rings. The SMILES string of the molecule is CSC1CC2CCCC2C1. The van der Waals surface area contributed by atoms with Crippen molar-refractivity contribution in [3.05, 3.63) is 0 Å². The van der Waals surface area contributed by atoms with E-state index < -0.39 is 0 Å². The largest absolute Gasteiger partial charge is 0.162 e. The molecule has 2 unspecified atom stereocenters. The van der Waals surface area contributed by atoms with Crippen molar-refractivity contribution in [3.8, 4) is 0 Å². The maximum absolute atomic E-state index is 2.27. The van der Waals surface area contributed by atoms with Crippen LogP contribution in [0.2, 0.25) is 0 Å². The Balaban J connectivity index is 1.94. The minimum atomic E-state index is 1.02. The van der Waals surface area contributed by atoms with E-state index in [1.54, 1.807) is 12.8 Å². The van der Waals surface area contributed by atoms with E-state index in [0.717, 1.165) is 17.1 Å². The highest BCUT2D eigenvalue weighted by Crippen LogP contribution is 2.46. The molecule has 58 valence electrons. The maximum atomic E-state index is 2.27. The zero-order valence-corrected chi connectivity index (χ0v) is 7.49. The van der Waals surface area contributed by atoms with E-state index in [1.807, 2.05) is 0 Å². The summed E-state index contributed by atoms with van der Waals surface area (Å²) in [7, 11) is 0. The van der Waals surface area contributed by atoms with Gasteiger partial charge in [-0.05, 0) is 30.9 Å². The highest BCUT2D eigenvalue weighted by atomic mass is 32.2. The predicted molar refractivity (Wildman–Crippen MR) is 47.4 cm³/mol. The highest BCUT2D eigenvalue weighted by Gasteiger charge is 2.36. The van der Waals surface area contributed by atoms with Gasteiger partial charge in [0.1, 0.15) is 0 Å². The summed E-state index contributed by atoms with van der Waals surface area (Å²) in [6.45, 7) is 0. The van der Waals surface area contributed by atoms with E-state index in [2.05, 4.69) is 18.0 Å². The summed E-state index contributed by atoms with van der Waals surface area (Å²) in [5.74, 6) is 2.27. The van der Waals surface area contributed by atoms with Gasteiger partial charge in [-0.2, -0.15) is 11.8 Å². The summed E-state index contributed by atoms with van der Waals surface area (Å²) in [6.07, 6.45) is 9.95. The fourth-order valence-corrected chi connectivity index (χ4v) is 3.58. The smallest absolute Gasteiger partial charge is 0.00497 e. The van der Waals surface area contributed by atoms with Crippen molar-refractivity contribution in [1.82, 2.24) is 0 Å². The van der Waals surface area contributed by atoms with Gasteiger partial charge in [0.25, 0.3) is 0 Å². The van der Waals surface area contributed by atoms with Crippen molar-refractivity contribution in [3.63, 3.8) is 0 Å². The molecule has 0 nitrogen and oxygen atoms in total. The van der Waals surface area contributed by atoms with Gasteiger partial charge in [-0.25, -0.2) is 0 Å². The Hall–Kier alpha value is 0.350. The monoisotopic (exact) mass is 156 g/mol. The molecule has 10 heavy (non-hydrogen) atoms. The first kappa shape index (κ1) is 7.02. The van der Waals surface area contributed by atoms with Crippen LogP contribution in [-0.4, -0.2) is 11.5 Å². The normalized spacial score (nSPS) is 45.9. The zero-order valence-electron chi connectivity index (χ0n) is 6.68. The van der Waals surface area contributed by atoms with Crippen LogP contribution in [0.4, 0.5) is 0 Å². The molecule has 0 amide bonds. The second-order valence-electron chi connectivity index (χ2n) is 3.78. The van der Waals surface area contributed by atoms with Gasteiger partial charge in [0.15, 0.2) is 0 Å². The van der Waals surface area contributed by atoms with Crippen molar-refractivity contribution >= 4 is 11.8 Å². The molecule has 0 heterocycles. The summed E-state index contributed by atoms with van der Waals surface area (Å²) in [4.78, 5) is 0. The minimum Gasteiger partial charge on any atom is -0.162 e. The Kier molecular flexibility index (Phi) is 1.94. The maximum Gasteiger partial charge on any atom is 0.00497 e. The van der Waals surface area contributed by atoms with Crippen molar-refractivity contribution in [2.45, 2.75) is 37.4 Å². The topological polar surface area (TPSA) is 0 Å². The van der Waals surface area contributed by atoms with Crippen LogP contribution in [0.1, 0.15) is 32.1 Å². The lowest BCUT2D eigenvalue weighted by Crippen LogP contribution is -1.95. The third-order valence-corrected chi connectivity index (χ3v) is 4.33. The summed E-state index contributed by atoms with van der Waals surface area (Å²) >= 11 is 2.09. The molecule has 2 fully saturated rings. The van der Waals surface area contributed by atoms with Gasteiger partial charge < -0.3 is 0 Å². The van der Waals surface area contributed by atoms with Crippen molar-refractivity contribution < 1.29 is 0 Å². The summed E-state index contributed by atoms with van der Waals surface area (Å²) in [5, 5.41) is 1.02. The van der Waals surface area contributed by atoms with Gasteiger partial charge in [0, 0.05) is 5.25 Å². The quantitative estimate of drug-likeness (QED) is 0.562. The summed E-state index contributed by atoms with van der Waals surface area (Å²) in [5.41, 5.74) is 0. The van der Waals surface area contributed by atoms with E-state index in [0.29, 0.717) is 0 Å². The van der Waals surface area contributed by atoms with Gasteiger partial charge >= 0.3 is 0 Å². The molecule has 2 saturated carbocycles. The Labute approximate surface area is 67.8 Å². The van der Waals surface area contributed by atoms with Crippen LogP contribution >= 0.6 is 11.8 Å². The molecule has 0 N–H and O–H groups in total. The number of rotatable bonds is 1. The van der Waals surface area contributed by atoms with Crippen LogP contribution in [0.15, 0.2) is 0 Å². The molecule has 0 radical (unpaired) electrons. The first-order chi connectivity index (χ1) is 4.90. The molecule has 2 aliphatic rings. The number of fused-ring (bicyclic) bond motifs is 1. The van der Waals surface area contributed by atoms with Crippen LogP contribution in [0.25, 0.3) is 0 Å². The van der Waals surface area contributed by atoms with Gasteiger partial charge in [0.2, 0.25) is 0 Å². The van der Waals surface area contributed by atoms with Crippen molar-refractivity contribution in [2.24, 2.45) is 11.8 Å². The van der Waals surface area contributed by atoms with Gasteiger partial charge in [-0.1, -0.05) is 19.3 Å². The van der Waals surface area contributed by atoms with Gasteiger partial charge in [-0.3, -0.25) is 0 Å². The number of hydrogen-bond donors (Lipinski definition) is 0. The molecule has 2 atom stereocenters. The van der Waals surface area contributed by atoms with E-state index >= 15 is 0 Å². The molecule has 2 aliphatic carbocycles. The van der Waals surface area contributed by atoms with Crippen LogP contribution in [0, 0.1) is 11.8 Å². The summed E-state index contributed by atoms with van der Waals surface area (Å²) < 4.78 is 0. The average molecular weight is 156 g/mol. The number of hydrogen-bond acceptors (Lipinski definition) is 1. The van der Waals surface area contributed by atoms with Crippen molar-refractivity contribution in [1.29, 1.82) is 0 Å². The van der Waals surface area contributed by atoms with Crippen LogP contribution < -0.4 is 0 Å². The van der Waals surface area contributed by atoms with E-state index in [1.165, 1.54) is 19.3 Å². The molecule has 0 bridgehead atoms. The van der Waals surface area contributed by atoms with E-state index in [-0.39, 0.29) is 0 Å². The minimum absolute atomic E-state index is 1.02. The molecule has 0 spiro atoms. The van der Waals surface area contributed by atoms with Crippen LogP contribution in [-0.2, 0) is 0 Å². The summed E-state index contributed by atoms with van der Waals surface area (Å²) in [6, 6.07) is 0. The third-order valence-electron chi connectivity index (χ3n) is 3.28. The lowest BCUT2D eigenvalue weighted by molar-refractivity contribution is 0.457. The predicted octanol–water partition coefficient (Wildman–Crippen LogP) is 2.93. The number of thioether (sulfide) groups is 1.